The molecule has 0 spiro atoms. The molecule has 4 nitrogen and oxygen atoms in total. The van der Waals surface area contributed by atoms with Gasteiger partial charge in [0.15, 0.2) is 0 Å². The third-order valence-corrected chi connectivity index (χ3v) is 1.49. The topological polar surface area (TPSA) is 46.4 Å². The lowest BCUT2D eigenvalue weighted by atomic mass is 10.5. The molecule has 1 atom stereocenters. The molecule has 1 fully saturated rings. The zero-order valence-corrected chi connectivity index (χ0v) is 5.96. The van der Waals surface area contributed by atoms with Gasteiger partial charge in [-0.1, -0.05) is 0 Å². The van der Waals surface area contributed by atoms with E-state index in [9.17, 15) is 9.59 Å². The van der Waals surface area contributed by atoms with Gasteiger partial charge in [0, 0.05) is 6.92 Å². The van der Waals surface area contributed by atoms with Crippen molar-refractivity contribution in [1.82, 2.24) is 4.90 Å². The summed E-state index contributed by atoms with van der Waals surface area (Å²) in [4.78, 5) is 22.7. The Hall–Kier alpha value is -1.06. The quantitative estimate of drug-likeness (QED) is 0.363. The standard InChI is InChI=1S/C6H9NO3/c1-4(8)7-3-5(7)6(9)10-2/h5H,3H2,1-2H3/t5-,7?/m0/s1. The van der Waals surface area contributed by atoms with E-state index in [4.69, 9.17) is 0 Å². The summed E-state index contributed by atoms with van der Waals surface area (Å²) in [6, 6.07) is -0.303. The van der Waals surface area contributed by atoms with Gasteiger partial charge < -0.3 is 9.64 Å². The van der Waals surface area contributed by atoms with Gasteiger partial charge in [-0.05, 0) is 0 Å². The molecule has 56 valence electrons. The molecule has 0 N–H and O–H groups in total. The fraction of sp³-hybridized carbons (Fsp3) is 0.667. The van der Waals surface area contributed by atoms with Crippen LogP contribution in [-0.4, -0.2) is 36.5 Å². The van der Waals surface area contributed by atoms with Crippen LogP contribution in [0.15, 0.2) is 0 Å². The molecule has 0 aromatic rings. The van der Waals surface area contributed by atoms with Gasteiger partial charge in [0.1, 0.15) is 6.04 Å². The first-order valence-electron chi connectivity index (χ1n) is 3.02. The number of hydrogen-bond acceptors (Lipinski definition) is 3. The zero-order chi connectivity index (χ0) is 7.72. The van der Waals surface area contributed by atoms with E-state index in [0.29, 0.717) is 6.54 Å². The Balaban J connectivity index is 2.38. The number of esters is 1. The van der Waals surface area contributed by atoms with Gasteiger partial charge in [-0.25, -0.2) is 4.79 Å². The summed E-state index contributed by atoms with van der Waals surface area (Å²) in [6.45, 7) is 1.95. The monoisotopic (exact) mass is 143 g/mol. The van der Waals surface area contributed by atoms with Crippen molar-refractivity contribution in [3.63, 3.8) is 0 Å². The first-order valence-corrected chi connectivity index (χ1v) is 3.02. The minimum absolute atomic E-state index is 0.0737. The first kappa shape index (κ1) is 7.05. The number of carbonyl (C=O) groups excluding carboxylic acids is 2. The van der Waals surface area contributed by atoms with Crippen molar-refractivity contribution in [3.8, 4) is 0 Å². The SMILES string of the molecule is COC(=O)[C@@H]1CN1C(C)=O. The van der Waals surface area contributed by atoms with E-state index in [0.717, 1.165) is 0 Å². The van der Waals surface area contributed by atoms with Crippen LogP contribution in [0.4, 0.5) is 0 Å². The predicted octanol–water partition coefficient (Wildman–Crippen LogP) is -0.610. The highest BCUT2D eigenvalue weighted by atomic mass is 16.5. The number of nitrogens with zero attached hydrogens (tertiary/aromatic N) is 1. The van der Waals surface area contributed by atoms with Crippen LogP contribution in [0.3, 0.4) is 0 Å². The maximum Gasteiger partial charge on any atom is 0.330 e. The van der Waals surface area contributed by atoms with Crippen molar-refractivity contribution >= 4 is 11.9 Å². The molecule has 0 unspecified atom stereocenters. The van der Waals surface area contributed by atoms with E-state index in [1.54, 1.807) is 0 Å². The molecule has 1 aliphatic heterocycles. The number of rotatable bonds is 1. The molecule has 0 aromatic carbocycles. The molecule has 0 aliphatic carbocycles. The Morgan fingerprint density at radius 1 is 1.60 bits per heavy atom. The van der Waals surface area contributed by atoms with Crippen LogP contribution in [0.5, 0.6) is 0 Å². The number of amides is 1. The van der Waals surface area contributed by atoms with Crippen molar-refractivity contribution in [1.29, 1.82) is 0 Å². The summed E-state index contributed by atoms with van der Waals surface area (Å²) in [5, 5.41) is 0. The summed E-state index contributed by atoms with van der Waals surface area (Å²) >= 11 is 0. The molecule has 0 aromatic heterocycles. The Kier molecular flexibility index (Phi) is 1.61. The van der Waals surface area contributed by atoms with Gasteiger partial charge >= 0.3 is 5.97 Å². The van der Waals surface area contributed by atoms with Crippen LogP contribution in [-0.2, 0) is 14.3 Å². The van der Waals surface area contributed by atoms with E-state index in [1.165, 1.54) is 18.9 Å². The molecule has 4 heteroatoms. The molecule has 1 heterocycles. The minimum atomic E-state index is -0.324. The van der Waals surface area contributed by atoms with Crippen LogP contribution in [0.25, 0.3) is 0 Å². The average molecular weight is 143 g/mol. The molecule has 0 radical (unpaired) electrons. The minimum Gasteiger partial charge on any atom is -0.467 e. The van der Waals surface area contributed by atoms with Crippen LogP contribution in [0, 0.1) is 0 Å². The second-order valence-electron chi connectivity index (χ2n) is 2.21. The third kappa shape index (κ3) is 1.10. The van der Waals surface area contributed by atoms with Crippen LogP contribution in [0.1, 0.15) is 6.92 Å². The van der Waals surface area contributed by atoms with Crippen LogP contribution >= 0.6 is 0 Å². The summed E-state index contributed by atoms with van der Waals surface area (Å²) in [7, 11) is 1.32. The van der Waals surface area contributed by atoms with Gasteiger partial charge in [-0.15, -0.1) is 0 Å². The highest BCUT2D eigenvalue weighted by Gasteiger charge is 2.43. The molecular weight excluding hydrogens is 134 g/mol. The molecule has 0 saturated carbocycles. The van der Waals surface area contributed by atoms with Gasteiger partial charge in [0.2, 0.25) is 5.91 Å². The van der Waals surface area contributed by atoms with Gasteiger partial charge in [0.05, 0.1) is 13.7 Å². The molecule has 1 saturated heterocycles. The fourth-order valence-electron chi connectivity index (χ4n) is 0.825. The van der Waals surface area contributed by atoms with Crippen molar-refractivity contribution in [2.75, 3.05) is 13.7 Å². The maximum atomic E-state index is 10.7. The summed E-state index contributed by atoms with van der Waals surface area (Å²) in [5.74, 6) is -0.398. The number of hydrogen-bond donors (Lipinski definition) is 0. The fourth-order valence-corrected chi connectivity index (χ4v) is 0.825. The molecule has 1 rings (SSSR count). The number of carbonyl (C=O) groups is 2. The molecular formula is C6H9NO3. The first-order chi connectivity index (χ1) is 4.66. The van der Waals surface area contributed by atoms with Crippen LogP contribution < -0.4 is 0 Å². The Morgan fingerprint density at radius 3 is 2.50 bits per heavy atom. The van der Waals surface area contributed by atoms with Crippen molar-refractivity contribution in [3.05, 3.63) is 0 Å². The van der Waals surface area contributed by atoms with Crippen LogP contribution in [0.2, 0.25) is 0 Å². The van der Waals surface area contributed by atoms with Gasteiger partial charge in [-0.2, -0.15) is 0 Å². The third-order valence-electron chi connectivity index (χ3n) is 1.49. The second kappa shape index (κ2) is 2.28. The lowest BCUT2D eigenvalue weighted by molar-refractivity contribution is -0.142. The number of ether oxygens (including phenoxy) is 1. The lowest BCUT2D eigenvalue weighted by Crippen LogP contribution is -2.17. The Morgan fingerprint density at radius 2 is 2.20 bits per heavy atom. The maximum absolute atomic E-state index is 10.7. The highest BCUT2D eigenvalue weighted by Crippen LogP contribution is 2.17. The summed E-state index contributed by atoms with van der Waals surface area (Å²) in [5.41, 5.74) is 0. The largest absolute Gasteiger partial charge is 0.467 e. The molecule has 1 aliphatic rings. The predicted molar refractivity (Wildman–Crippen MR) is 33.2 cm³/mol. The Bertz CT molecular complexity index is 178. The highest BCUT2D eigenvalue weighted by molar-refractivity contribution is 5.88. The van der Waals surface area contributed by atoms with E-state index in [2.05, 4.69) is 4.74 Å². The van der Waals surface area contributed by atoms with E-state index >= 15 is 0 Å². The van der Waals surface area contributed by atoms with Gasteiger partial charge in [0.25, 0.3) is 0 Å². The second-order valence-corrected chi connectivity index (χ2v) is 2.21. The van der Waals surface area contributed by atoms with Gasteiger partial charge in [-0.3, -0.25) is 4.79 Å². The van der Waals surface area contributed by atoms with E-state index < -0.39 is 0 Å². The van der Waals surface area contributed by atoms with E-state index in [-0.39, 0.29) is 17.9 Å². The smallest absolute Gasteiger partial charge is 0.330 e. The van der Waals surface area contributed by atoms with Crippen molar-refractivity contribution < 1.29 is 14.3 Å². The van der Waals surface area contributed by atoms with Crippen molar-refractivity contribution in [2.45, 2.75) is 13.0 Å². The Labute approximate surface area is 58.8 Å². The van der Waals surface area contributed by atoms with E-state index in [1.807, 2.05) is 0 Å². The normalized spacial score (nSPS) is 22.2. The lowest BCUT2D eigenvalue weighted by Gasteiger charge is -1.96. The zero-order valence-electron chi connectivity index (χ0n) is 5.96. The summed E-state index contributed by atoms with van der Waals surface area (Å²) < 4.78 is 4.42. The molecule has 1 amide bonds. The average Bonchev–Trinajstić information content (AvgIpc) is 2.64. The molecule has 0 bridgehead atoms. The number of methoxy groups -OCH3 is 1. The summed E-state index contributed by atoms with van der Waals surface area (Å²) in [6.07, 6.45) is 0. The molecule has 10 heavy (non-hydrogen) atoms. The van der Waals surface area contributed by atoms with Crippen molar-refractivity contribution in [2.24, 2.45) is 0 Å².